The first-order chi connectivity index (χ1) is 9.08. The zero-order valence-electron chi connectivity index (χ0n) is 10.6. The molecule has 2 N–H and O–H groups in total. The van der Waals surface area contributed by atoms with E-state index in [-0.39, 0.29) is 5.69 Å². The Morgan fingerprint density at radius 3 is 2.47 bits per heavy atom. The summed E-state index contributed by atoms with van der Waals surface area (Å²) in [5.41, 5.74) is 5.22. The smallest absolute Gasteiger partial charge is 0.288 e. The second-order valence-electron chi connectivity index (χ2n) is 3.95. The van der Waals surface area contributed by atoms with Gasteiger partial charge in [-0.1, -0.05) is 6.07 Å². The molecule has 0 bridgehead atoms. The van der Waals surface area contributed by atoms with Gasteiger partial charge in [-0.2, -0.15) is 0 Å². The molecule has 6 heteroatoms. The summed E-state index contributed by atoms with van der Waals surface area (Å²) in [6.45, 7) is 3.43. The molecule has 2 amide bonds. The fraction of sp³-hybridized carbons (Fsp3) is 0.154. The van der Waals surface area contributed by atoms with Crippen LogP contribution >= 0.6 is 0 Å². The lowest BCUT2D eigenvalue weighted by atomic mass is 10.2. The van der Waals surface area contributed by atoms with Gasteiger partial charge in [0.05, 0.1) is 5.56 Å². The molecule has 0 unspecified atom stereocenters. The zero-order chi connectivity index (χ0) is 13.8. The van der Waals surface area contributed by atoms with Crippen LogP contribution in [0.4, 0.5) is 0 Å². The van der Waals surface area contributed by atoms with Gasteiger partial charge in [0.15, 0.2) is 0 Å². The van der Waals surface area contributed by atoms with E-state index in [0.717, 1.165) is 0 Å². The average Bonchev–Trinajstić information content (AvgIpc) is 2.75. The fourth-order valence-electron chi connectivity index (χ4n) is 1.60. The topological polar surface area (TPSA) is 84.2 Å². The van der Waals surface area contributed by atoms with Crippen molar-refractivity contribution in [2.45, 2.75) is 13.8 Å². The number of rotatable bonds is 2. The Labute approximate surface area is 109 Å². The highest BCUT2D eigenvalue weighted by Gasteiger charge is 2.14. The third-order valence-corrected chi connectivity index (χ3v) is 2.47. The Balaban J connectivity index is 1.98. The van der Waals surface area contributed by atoms with Gasteiger partial charge in [0.1, 0.15) is 17.2 Å². The molecule has 0 saturated heterocycles. The van der Waals surface area contributed by atoms with Gasteiger partial charge >= 0.3 is 0 Å². The standard InChI is InChI=1S/C13H13N3O3/c1-8-7-10(9(2)19-8)12(17)15-16-13(18)11-5-3-4-6-14-11/h3-7H,1-2H3,(H,15,17)(H,16,18). The molecule has 19 heavy (non-hydrogen) atoms. The zero-order valence-corrected chi connectivity index (χ0v) is 10.6. The van der Waals surface area contributed by atoms with Crippen LogP contribution in [0.15, 0.2) is 34.9 Å². The van der Waals surface area contributed by atoms with Crippen LogP contribution in [0, 0.1) is 13.8 Å². The number of pyridine rings is 1. The molecular formula is C13H13N3O3. The minimum Gasteiger partial charge on any atom is -0.466 e. The largest absolute Gasteiger partial charge is 0.466 e. The van der Waals surface area contributed by atoms with Crippen molar-refractivity contribution in [2.24, 2.45) is 0 Å². The van der Waals surface area contributed by atoms with E-state index in [9.17, 15) is 9.59 Å². The second kappa shape index (κ2) is 5.34. The van der Waals surface area contributed by atoms with E-state index in [1.165, 1.54) is 6.20 Å². The van der Waals surface area contributed by atoms with E-state index >= 15 is 0 Å². The molecule has 0 spiro atoms. The molecule has 2 heterocycles. The van der Waals surface area contributed by atoms with Gasteiger partial charge in [-0.3, -0.25) is 25.4 Å². The molecule has 0 aromatic carbocycles. The SMILES string of the molecule is Cc1cc(C(=O)NNC(=O)c2ccccn2)c(C)o1. The molecule has 6 nitrogen and oxygen atoms in total. The van der Waals surface area contributed by atoms with Crippen molar-refractivity contribution in [2.75, 3.05) is 0 Å². The summed E-state index contributed by atoms with van der Waals surface area (Å²) >= 11 is 0. The number of amides is 2. The number of furan rings is 1. The van der Waals surface area contributed by atoms with Gasteiger partial charge < -0.3 is 4.42 Å². The third-order valence-electron chi connectivity index (χ3n) is 2.47. The van der Waals surface area contributed by atoms with Crippen LogP contribution in [-0.2, 0) is 0 Å². The number of aromatic nitrogens is 1. The van der Waals surface area contributed by atoms with Crippen molar-refractivity contribution >= 4 is 11.8 Å². The number of hydrogen-bond donors (Lipinski definition) is 2. The maximum Gasteiger partial charge on any atom is 0.288 e. The third kappa shape index (κ3) is 2.98. The van der Waals surface area contributed by atoms with Crippen molar-refractivity contribution in [1.82, 2.24) is 15.8 Å². The quantitative estimate of drug-likeness (QED) is 0.798. The summed E-state index contributed by atoms with van der Waals surface area (Å²) in [5, 5.41) is 0. The van der Waals surface area contributed by atoms with Crippen molar-refractivity contribution in [3.63, 3.8) is 0 Å². The van der Waals surface area contributed by atoms with Gasteiger partial charge in [0, 0.05) is 6.20 Å². The van der Waals surface area contributed by atoms with E-state index in [2.05, 4.69) is 15.8 Å². The number of nitrogens with one attached hydrogen (secondary N) is 2. The monoisotopic (exact) mass is 259 g/mol. The Hall–Kier alpha value is -2.63. The average molecular weight is 259 g/mol. The number of nitrogens with zero attached hydrogens (tertiary/aromatic N) is 1. The van der Waals surface area contributed by atoms with Gasteiger partial charge in [-0.05, 0) is 32.0 Å². The molecule has 2 aromatic rings. The number of carbonyl (C=O) groups excluding carboxylic acids is 2. The summed E-state index contributed by atoms with van der Waals surface area (Å²) in [6, 6.07) is 6.55. The van der Waals surface area contributed by atoms with Crippen LogP contribution in [0.5, 0.6) is 0 Å². The lowest BCUT2D eigenvalue weighted by Crippen LogP contribution is -2.42. The Kier molecular flexibility index (Phi) is 3.61. The number of aryl methyl sites for hydroxylation is 2. The van der Waals surface area contributed by atoms with Crippen LogP contribution in [0.1, 0.15) is 32.4 Å². The van der Waals surface area contributed by atoms with Crippen LogP contribution < -0.4 is 10.9 Å². The molecule has 0 radical (unpaired) electrons. The highest BCUT2D eigenvalue weighted by Crippen LogP contribution is 2.12. The number of carbonyl (C=O) groups is 2. The first-order valence-electron chi connectivity index (χ1n) is 5.66. The summed E-state index contributed by atoms with van der Waals surface area (Å²) in [5.74, 6) is 0.228. The fourth-order valence-corrected chi connectivity index (χ4v) is 1.60. The van der Waals surface area contributed by atoms with E-state index in [1.54, 1.807) is 38.1 Å². The van der Waals surface area contributed by atoms with Crippen LogP contribution in [0.2, 0.25) is 0 Å². The maximum absolute atomic E-state index is 11.8. The minimum absolute atomic E-state index is 0.225. The first-order valence-corrected chi connectivity index (χ1v) is 5.66. The Morgan fingerprint density at radius 1 is 1.16 bits per heavy atom. The van der Waals surface area contributed by atoms with Gasteiger partial charge in [0.25, 0.3) is 11.8 Å². The Bertz CT molecular complexity index is 605. The molecule has 0 aliphatic rings. The number of hydrogen-bond acceptors (Lipinski definition) is 4. The molecule has 0 atom stereocenters. The molecule has 0 saturated carbocycles. The van der Waals surface area contributed by atoms with Crippen LogP contribution in [0.25, 0.3) is 0 Å². The molecular weight excluding hydrogens is 246 g/mol. The number of hydrazine groups is 1. The van der Waals surface area contributed by atoms with Crippen molar-refractivity contribution in [3.8, 4) is 0 Å². The van der Waals surface area contributed by atoms with E-state index in [1.807, 2.05) is 0 Å². The highest BCUT2D eigenvalue weighted by molar-refractivity contribution is 5.98. The summed E-state index contributed by atoms with van der Waals surface area (Å²) in [7, 11) is 0. The van der Waals surface area contributed by atoms with Crippen molar-refractivity contribution < 1.29 is 14.0 Å². The van der Waals surface area contributed by atoms with Crippen molar-refractivity contribution in [3.05, 3.63) is 53.2 Å². The Morgan fingerprint density at radius 2 is 1.89 bits per heavy atom. The van der Waals surface area contributed by atoms with E-state index in [0.29, 0.717) is 17.1 Å². The molecule has 0 aliphatic carbocycles. The summed E-state index contributed by atoms with van der Waals surface area (Å²) in [4.78, 5) is 27.3. The molecule has 2 aromatic heterocycles. The second-order valence-corrected chi connectivity index (χ2v) is 3.95. The lowest BCUT2D eigenvalue weighted by molar-refractivity contribution is 0.0843. The molecule has 98 valence electrons. The van der Waals surface area contributed by atoms with Gasteiger partial charge in [-0.25, -0.2) is 0 Å². The summed E-state index contributed by atoms with van der Waals surface area (Å²) < 4.78 is 5.24. The van der Waals surface area contributed by atoms with Crippen LogP contribution in [-0.4, -0.2) is 16.8 Å². The first kappa shape index (κ1) is 12.8. The van der Waals surface area contributed by atoms with E-state index in [4.69, 9.17) is 4.42 Å². The summed E-state index contributed by atoms with van der Waals surface area (Å²) in [6.07, 6.45) is 1.50. The van der Waals surface area contributed by atoms with Gasteiger partial charge in [0.2, 0.25) is 0 Å². The van der Waals surface area contributed by atoms with E-state index < -0.39 is 11.8 Å². The predicted molar refractivity (Wildman–Crippen MR) is 67.4 cm³/mol. The maximum atomic E-state index is 11.8. The molecule has 0 aliphatic heterocycles. The molecule has 2 rings (SSSR count). The minimum atomic E-state index is -0.480. The molecule has 0 fully saturated rings. The van der Waals surface area contributed by atoms with Crippen LogP contribution in [0.3, 0.4) is 0 Å². The highest BCUT2D eigenvalue weighted by atomic mass is 16.3. The normalized spacial score (nSPS) is 10.0. The van der Waals surface area contributed by atoms with Crippen molar-refractivity contribution in [1.29, 1.82) is 0 Å². The van der Waals surface area contributed by atoms with Gasteiger partial charge in [-0.15, -0.1) is 0 Å². The predicted octanol–water partition coefficient (Wildman–Crippen LogP) is 1.37. The lowest BCUT2D eigenvalue weighted by Gasteiger charge is -2.05.